The zero-order valence-corrected chi connectivity index (χ0v) is 15.0. The fourth-order valence-electron chi connectivity index (χ4n) is 3.55. The Labute approximate surface area is 145 Å². The lowest BCUT2D eigenvalue weighted by Gasteiger charge is -2.27. The zero-order valence-electron chi connectivity index (χ0n) is 15.0. The first kappa shape index (κ1) is 19.0. The molecular formula is C18H34N4O2. The van der Waals surface area contributed by atoms with Crippen LogP contribution in [0.2, 0.25) is 0 Å². The summed E-state index contributed by atoms with van der Waals surface area (Å²) in [5.41, 5.74) is 0. The van der Waals surface area contributed by atoms with Crippen molar-refractivity contribution in [1.82, 2.24) is 16.0 Å². The Hall–Kier alpha value is -1.30. The number of carbonyl (C=O) groups excluding carboxylic acids is 1. The molecule has 2 rings (SSSR count). The molecule has 2 aliphatic carbocycles. The molecule has 2 saturated carbocycles. The van der Waals surface area contributed by atoms with Crippen molar-refractivity contribution < 1.29 is 9.90 Å². The van der Waals surface area contributed by atoms with Gasteiger partial charge >= 0.3 is 0 Å². The molecule has 6 nitrogen and oxygen atoms in total. The van der Waals surface area contributed by atoms with E-state index >= 15 is 0 Å². The molecule has 0 radical (unpaired) electrons. The van der Waals surface area contributed by atoms with Crippen LogP contribution in [-0.2, 0) is 4.79 Å². The van der Waals surface area contributed by atoms with E-state index in [-0.39, 0.29) is 12.0 Å². The number of aliphatic imine (C=N–C) groups is 1. The third-order valence-electron chi connectivity index (χ3n) is 4.96. The van der Waals surface area contributed by atoms with E-state index in [1.54, 1.807) is 0 Å². The zero-order chi connectivity index (χ0) is 17.2. The molecule has 0 aliphatic heterocycles. The third-order valence-corrected chi connectivity index (χ3v) is 4.96. The van der Waals surface area contributed by atoms with E-state index in [0.29, 0.717) is 25.0 Å². The molecule has 0 aromatic heterocycles. The molecule has 138 valence electrons. The van der Waals surface area contributed by atoms with Gasteiger partial charge in [-0.05, 0) is 45.4 Å². The molecular weight excluding hydrogens is 304 g/mol. The maximum Gasteiger partial charge on any atom is 0.222 e. The highest BCUT2D eigenvalue weighted by Gasteiger charge is 2.20. The van der Waals surface area contributed by atoms with Crippen LogP contribution in [0.5, 0.6) is 0 Å². The highest BCUT2D eigenvalue weighted by Crippen LogP contribution is 2.18. The van der Waals surface area contributed by atoms with Gasteiger partial charge in [-0.1, -0.05) is 19.3 Å². The lowest BCUT2D eigenvalue weighted by Crippen LogP contribution is -2.45. The third kappa shape index (κ3) is 7.07. The van der Waals surface area contributed by atoms with Crippen molar-refractivity contribution in [3.63, 3.8) is 0 Å². The average molecular weight is 338 g/mol. The van der Waals surface area contributed by atoms with E-state index in [2.05, 4.69) is 20.9 Å². The Kier molecular flexibility index (Phi) is 8.36. The van der Waals surface area contributed by atoms with E-state index in [0.717, 1.165) is 51.0 Å². The topological polar surface area (TPSA) is 85.8 Å². The van der Waals surface area contributed by atoms with Crippen molar-refractivity contribution in [2.45, 2.75) is 89.3 Å². The second-order valence-electron chi connectivity index (χ2n) is 7.06. The Bertz CT molecular complexity index is 400. The molecule has 2 aliphatic rings. The molecule has 0 heterocycles. The van der Waals surface area contributed by atoms with Gasteiger partial charge in [0.25, 0.3) is 0 Å². The summed E-state index contributed by atoms with van der Waals surface area (Å²) in [6, 6.07) is 0.734. The Morgan fingerprint density at radius 2 is 1.67 bits per heavy atom. The van der Waals surface area contributed by atoms with Crippen LogP contribution in [0.3, 0.4) is 0 Å². The molecule has 0 spiro atoms. The molecule has 0 bridgehead atoms. The number of amides is 1. The first-order chi connectivity index (χ1) is 11.7. The van der Waals surface area contributed by atoms with Gasteiger partial charge in [-0.3, -0.25) is 9.79 Å². The number of aliphatic hydroxyl groups is 1. The second kappa shape index (κ2) is 10.5. The van der Waals surface area contributed by atoms with Crippen molar-refractivity contribution in [2.24, 2.45) is 4.99 Å². The quantitative estimate of drug-likeness (QED) is 0.438. The van der Waals surface area contributed by atoms with Crippen LogP contribution in [0, 0.1) is 0 Å². The van der Waals surface area contributed by atoms with Gasteiger partial charge in [-0.15, -0.1) is 0 Å². The van der Waals surface area contributed by atoms with Crippen molar-refractivity contribution in [3.05, 3.63) is 0 Å². The minimum atomic E-state index is -0.147. The van der Waals surface area contributed by atoms with Crippen LogP contribution < -0.4 is 16.0 Å². The number of nitrogens with zero attached hydrogens (tertiary/aromatic N) is 1. The minimum absolute atomic E-state index is 0.113. The number of rotatable bonds is 6. The predicted molar refractivity (Wildman–Crippen MR) is 97.0 cm³/mol. The average Bonchev–Trinajstić information content (AvgIpc) is 2.58. The summed E-state index contributed by atoms with van der Waals surface area (Å²) in [6.07, 6.45) is 9.92. The first-order valence-electron chi connectivity index (χ1n) is 9.69. The van der Waals surface area contributed by atoms with Gasteiger partial charge in [-0.25, -0.2) is 0 Å². The summed E-state index contributed by atoms with van der Waals surface area (Å²) in [5, 5.41) is 19.4. The van der Waals surface area contributed by atoms with Gasteiger partial charge in [0.1, 0.15) is 0 Å². The van der Waals surface area contributed by atoms with Gasteiger partial charge in [0, 0.05) is 25.0 Å². The number of hydrogen-bond donors (Lipinski definition) is 4. The molecule has 0 saturated heterocycles. The summed E-state index contributed by atoms with van der Waals surface area (Å²) in [7, 11) is 0. The smallest absolute Gasteiger partial charge is 0.222 e. The van der Waals surface area contributed by atoms with E-state index in [4.69, 9.17) is 0 Å². The molecule has 4 N–H and O–H groups in total. The van der Waals surface area contributed by atoms with Crippen LogP contribution in [0.25, 0.3) is 0 Å². The van der Waals surface area contributed by atoms with Crippen LogP contribution in [0.4, 0.5) is 0 Å². The standard InChI is InChI=1S/C18H34N4O2/c1-2-19-18(22-15-8-10-16(23)11-9-15)20-13-12-17(24)21-14-6-4-3-5-7-14/h14-16,23H,2-13H2,1H3,(H,21,24)(H2,19,20,22). The van der Waals surface area contributed by atoms with Gasteiger partial charge in [-0.2, -0.15) is 0 Å². The van der Waals surface area contributed by atoms with Crippen molar-refractivity contribution in [2.75, 3.05) is 13.1 Å². The Morgan fingerprint density at radius 3 is 2.33 bits per heavy atom. The van der Waals surface area contributed by atoms with Gasteiger partial charge in [0.05, 0.1) is 12.6 Å². The maximum absolute atomic E-state index is 12.0. The van der Waals surface area contributed by atoms with E-state index in [1.165, 1.54) is 19.3 Å². The largest absolute Gasteiger partial charge is 0.393 e. The van der Waals surface area contributed by atoms with Gasteiger partial charge < -0.3 is 21.1 Å². The molecule has 0 unspecified atom stereocenters. The summed E-state index contributed by atoms with van der Waals surface area (Å²) in [6.45, 7) is 3.34. The van der Waals surface area contributed by atoms with Crippen molar-refractivity contribution in [1.29, 1.82) is 0 Å². The highest BCUT2D eigenvalue weighted by molar-refractivity contribution is 5.81. The van der Waals surface area contributed by atoms with Gasteiger partial charge in [0.15, 0.2) is 5.96 Å². The number of aliphatic hydroxyl groups excluding tert-OH is 1. The monoisotopic (exact) mass is 338 g/mol. The molecule has 0 aromatic carbocycles. The fourth-order valence-corrected chi connectivity index (χ4v) is 3.55. The van der Waals surface area contributed by atoms with E-state index in [9.17, 15) is 9.90 Å². The normalized spacial score (nSPS) is 26.0. The summed E-state index contributed by atoms with van der Waals surface area (Å²) in [4.78, 5) is 16.6. The molecule has 1 amide bonds. The molecule has 0 atom stereocenters. The van der Waals surface area contributed by atoms with Crippen molar-refractivity contribution >= 4 is 11.9 Å². The Balaban J connectivity index is 1.70. The number of hydrogen-bond acceptors (Lipinski definition) is 3. The van der Waals surface area contributed by atoms with Crippen LogP contribution in [0.1, 0.15) is 71.1 Å². The maximum atomic E-state index is 12.0. The molecule has 2 fully saturated rings. The lowest BCUT2D eigenvalue weighted by atomic mass is 9.93. The van der Waals surface area contributed by atoms with Crippen molar-refractivity contribution in [3.8, 4) is 0 Å². The van der Waals surface area contributed by atoms with Gasteiger partial charge in [0.2, 0.25) is 5.91 Å². The van der Waals surface area contributed by atoms with Crippen LogP contribution >= 0.6 is 0 Å². The highest BCUT2D eigenvalue weighted by atomic mass is 16.3. The second-order valence-corrected chi connectivity index (χ2v) is 7.06. The predicted octanol–water partition coefficient (Wildman–Crippen LogP) is 1.68. The van der Waals surface area contributed by atoms with E-state index in [1.807, 2.05) is 6.92 Å². The molecule has 0 aromatic rings. The van der Waals surface area contributed by atoms with Crippen LogP contribution in [-0.4, -0.2) is 48.3 Å². The van der Waals surface area contributed by atoms with Crippen LogP contribution in [0.15, 0.2) is 4.99 Å². The first-order valence-corrected chi connectivity index (χ1v) is 9.69. The number of nitrogens with one attached hydrogen (secondary N) is 3. The summed E-state index contributed by atoms with van der Waals surface area (Å²) >= 11 is 0. The number of carbonyl (C=O) groups is 1. The lowest BCUT2D eigenvalue weighted by molar-refractivity contribution is -0.121. The summed E-state index contributed by atoms with van der Waals surface area (Å²) in [5.74, 6) is 0.895. The fraction of sp³-hybridized carbons (Fsp3) is 0.889. The Morgan fingerprint density at radius 1 is 1.00 bits per heavy atom. The van der Waals surface area contributed by atoms with E-state index < -0.39 is 0 Å². The SMILES string of the molecule is CCNC(=NCCC(=O)NC1CCCCC1)NC1CCC(O)CC1. The molecule has 6 heteroatoms. The number of guanidine groups is 1. The molecule has 24 heavy (non-hydrogen) atoms. The minimum Gasteiger partial charge on any atom is -0.393 e. The summed E-state index contributed by atoms with van der Waals surface area (Å²) < 4.78 is 0.